The number of thioether (sulfide) groups is 1. The normalized spacial score (nSPS) is 29.7. The first-order valence-electron chi connectivity index (χ1n) is 12.5. The van der Waals surface area contributed by atoms with Crippen LogP contribution in [-0.4, -0.2) is 69.6 Å². The average molecular weight is 501 g/mol. The predicted molar refractivity (Wildman–Crippen MR) is 137 cm³/mol. The first-order chi connectivity index (χ1) is 16.8. The van der Waals surface area contributed by atoms with Crippen LogP contribution in [0.5, 0.6) is 0 Å². The highest BCUT2D eigenvalue weighted by Gasteiger charge is 2.74. The summed E-state index contributed by atoms with van der Waals surface area (Å²) in [6, 6.07) is 4.63. The van der Waals surface area contributed by atoms with Crippen molar-refractivity contribution in [3.63, 3.8) is 0 Å². The van der Waals surface area contributed by atoms with Crippen LogP contribution in [-0.2, 0) is 19.1 Å². The van der Waals surface area contributed by atoms with Crippen molar-refractivity contribution >= 4 is 35.2 Å². The van der Waals surface area contributed by atoms with Crippen LogP contribution in [0, 0.1) is 25.7 Å². The number of para-hydroxylation sites is 1. The van der Waals surface area contributed by atoms with Crippen LogP contribution < -0.4 is 4.90 Å². The summed E-state index contributed by atoms with van der Waals surface area (Å²) < 4.78 is 4.67. The van der Waals surface area contributed by atoms with Gasteiger partial charge in [0.1, 0.15) is 6.04 Å². The van der Waals surface area contributed by atoms with Crippen LogP contribution in [0.15, 0.2) is 30.9 Å². The van der Waals surface area contributed by atoms with Gasteiger partial charge in [0.05, 0.1) is 35.8 Å². The molecule has 4 rings (SSSR count). The lowest BCUT2D eigenvalue weighted by molar-refractivity contribution is -0.154. The number of amides is 2. The molecule has 2 bridgehead atoms. The molecule has 1 aromatic rings. The van der Waals surface area contributed by atoms with Gasteiger partial charge in [-0.2, -0.15) is 0 Å². The zero-order valence-corrected chi connectivity index (χ0v) is 21.8. The van der Waals surface area contributed by atoms with E-state index in [4.69, 9.17) is 4.74 Å². The zero-order valence-electron chi connectivity index (χ0n) is 21.0. The van der Waals surface area contributed by atoms with E-state index in [9.17, 15) is 19.5 Å². The van der Waals surface area contributed by atoms with Gasteiger partial charge in [-0.25, -0.2) is 0 Å². The fourth-order valence-corrected chi connectivity index (χ4v) is 8.67. The molecule has 3 fully saturated rings. The van der Waals surface area contributed by atoms with Gasteiger partial charge in [-0.05, 0) is 51.2 Å². The van der Waals surface area contributed by atoms with Gasteiger partial charge < -0.3 is 19.6 Å². The van der Waals surface area contributed by atoms with Gasteiger partial charge in [0, 0.05) is 17.5 Å². The van der Waals surface area contributed by atoms with Gasteiger partial charge in [-0.15, -0.1) is 18.3 Å². The number of hydrogen-bond donors (Lipinski definition) is 1. The molecule has 3 aliphatic heterocycles. The van der Waals surface area contributed by atoms with Crippen LogP contribution in [0.3, 0.4) is 0 Å². The van der Waals surface area contributed by atoms with Crippen molar-refractivity contribution in [2.24, 2.45) is 11.8 Å². The summed E-state index contributed by atoms with van der Waals surface area (Å²) in [6.07, 6.45) is 3.65. The molecule has 3 saturated heterocycles. The van der Waals surface area contributed by atoms with E-state index >= 15 is 0 Å². The van der Waals surface area contributed by atoms with Gasteiger partial charge in [-0.1, -0.05) is 31.2 Å². The molecule has 1 aromatic carbocycles. The highest BCUT2D eigenvalue weighted by Crippen LogP contribution is 2.67. The Morgan fingerprint density at radius 3 is 2.60 bits per heavy atom. The molecule has 190 valence electrons. The molecule has 3 heterocycles. The van der Waals surface area contributed by atoms with Crippen molar-refractivity contribution in [3.8, 4) is 0 Å². The maximum atomic E-state index is 14.5. The quantitative estimate of drug-likeness (QED) is 0.414. The van der Waals surface area contributed by atoms with Crippen LogP contribution >= 0.6 is 11.8 Å². The first-order valence-corrected chi connectivity index (χ1v) is 13.4. The summed E-state index contributed by atoms with van der Waals surface area (Å²) in [7, 11) is 0. The molecule has 1 N–H and O–H groups in total. The molecule has 0 radical (unpaired) electrons. The van der Waals surface area contributed by atoms with Crippen molar-refractivity contribution < 1.29 is 24.2 Å². The van der Waals surface area contributed by atoms with E-state index in [1.54, 1.807) is 34.6 Å². The minimum absolute atomic E-state index is 0.0392. The molecule has 8 heteroatoms. The number of hydrogen-bond acceptors (Lipinski definition) is 6. The van der Waals surface area contributed by atoms with Crippen LogP contribution in [0.1, 0.15) is 44.2 Å². The van der Waals surface area contributed by atoms with E-state index in [1.807, 2.05) is 39.0 Å². The van der Waals surface area contributed by atoms with Gasteiger partial charge in [0.25, 0.3) is 5.91 Å². The molecule has 2 unspecified atom stereocenters. The molecular weight excluding hydrogens is 464 g/mol. The second kappa shape index (κ2) is 9.97. The number of carbonyl (C=O) groups excluding carboxylic acids is 3. The third kappa shape index (κ3) is 3.89. The molecule has 0 aliphatic carbocycles. The van der Waals surface area contributed by atoms with Crippen molar-refractivity contribution in [2.75, 3.05) is 24.7 Å². The summed E-state index contributed by atoms with van der Waals surface area (Å²) in [6.45, 7) is 11.8. The standard InChI is InChI=1S/C27H36N2O5S/c1-6-14-28(22-16(4)10-9-11-17(22)5)25(32)23-27-13-12-19(35-27)20(26(33)34-8-3)21(27)24(31)29(23)18(7-2)15-30/h6,9-11,18-21,23,30H,1,7-8,12-15H2,2-5H3/t18-,19-,20+,21-,23?,27?/m0/s1. The monoisotopic (exact) mass is 500 g/mol. The summed E-state index contributed by atoms with van der Waals surface area (Å²) in [5.74, 6) is -1.93. The Labute approximate surface area is 211 Å². The summed E-state index contributed by atoms with van der Waals surface area (Å²) in [4.78, 5) is 44.9. The number of rotatable bonds is 9. The Morgan fingerprint density at radius 2 is 2.03 bits per heavy atom. The third-order valence-electron chi connectivity index (χ3n) is 7.89. The number of carbonyl (C=O) groups is 3. The van der Waals surface area contributed by atoms with E-state index in [0.717, 1.165) is 23.2 Å². The van der Waals surface area contributed by atoms with Gasteiger partial charge in [0.15, 0.2) is 0 Å². The van der Waals surface area contributed by atoms with E-state index in [1.165, 1.54) is 0 Å². The highest BCUT2D eigenvalue weighted by molar-refractivity contribution is 8.02. The van der Waals surface area contributed by atoms with Crippen molar-refractivity contribution in [2.45, 2.75) is 69.0 Å². The molecule has 2 amide bonds. The second-order valence-corrected chi connectivity index (χ2v) is 11.4. The molecule has 0 saturated carbocycles. The Bertz CT molecular complexity index is 1000. The molecule has 1 spiro atoms. The maximum Gasteiger partial charge on any atom is 0.310 e. The zero-order chi connectivity index (χ0) is 25.5. The molecule has 7 nitrogen and oxygen atoms in total. The number of likely N-dealkylation sites (tertiary alicyclic amines) is 1. The lowest BCUT2D eigenvalue weighted by atomic mass is 9.71. The number of aliphatic hydroxyl groups is 1. The first kappa shape index (κ1) is 25.8. The van der Waals surface area contributed by atoms with Gasteiger partial charge >= 0.3 is 5.97 Å². The van der Waals surface area contributed by atoms with Gasteiger partial charge in [-0.3, -0.25) is 14.4 Å². The van der Waals surface area contributed by atoms with E-state index in [2.05, 4.69) is 6.58 Å². The lowest BCUT2D eigenvalue weighted by Crippen LogP contribution is -2.57. The number of benzene rings is 1. The summed E-state index contributed by atoms with van der Waals surface area (Å²) >= 11 is 1.61. The molecule has 3 aliphatic rings. The van der Waals surface area contributed by atoms with Gasteiger partial charge in [0.2, 0.25) is 5.91 Å². The number of aliphatic hydroxyl groups excluding tert-OH is 1. The third-order valence-corrected chi connectivity index (χ3v) is 9.85. The number of aryl methyl sites for hydroxylation is 2. The van der Waals surface area contributed by atoms with Crippen LogP contribution in [0.25, 0.3) is 0 Å². The van der Waals surface area contributed by atoms with E-state index < -0.39 is 28.7 Å². The van der Waals surface area contributed by atoms with Crippen LogP contribution in [0.4, 0.5) is 5.69 Å². The number of anilines is 1. The number of ether oxygens (including phenoxy) is 1. The fraction of sp³-hybridized carbons (Fsp3) is 0.593. The summed E-state index contributed by atoms with van der Waals surface area (Å²) in [5.41, 5.74) is 2.75. The molecule has 35 heavy (non-hydrogen) atoms. The Balaban J connectivity index is 1.84. The Hall–Kier alpha value is -2.32. The smallest absolute Gasteiger partial charge is 0.310 e. The van der Waals surface area contributed by atoms with Crippen molar-refractivity contribution in [3.05, 3.63) is 42.0 Å². The minimum Gasteiger partial charge on any atom is -0.466 e. The number of esters is 1. The topological polar surface area (TPSA) is 87.2 Å². The van der Waals surface area contributed by atoms with Crippen molar-refractivity contribution in [1.82, 2.24) is 4.90 Å². The molecule has 0 aromatic heterocycles. The molecule has 6 atom stereocenters. The number of nitrogens with zero attached hydrogens (tertiary/aromatic N) is 2. The van der Waals surface area contributed by atoms with Crippen LogP contribution in [0.2, 0.25) is 0 Å². The average Bonchev–Trinajstić information content (AvgIpc) is 3.47. The fourth-order valence-electron chi connectivity index (χ4n) is 6.48. The van der Waals surface area contributed by atoms with E-state index in [0.29, 0.717) is 19.4 Å². The second-order valence-electron chi connectivity index (χ2n) is 9.78. The Morgan fingerprint density at radius 1 is 1.34 bits per heavy atom. The largest absolute Gasteiger partial charge is 0.466 e. The van der Waals surface area contributed by atoms with E-state index in [-0.39, 0.29) is 36.2 Å². The lowest BCUT2D eigenvalue weighted by Gasteiger charge is -2.40. The number of fused-ring (bicyclic) bond motifs is 1. The SMILES string of the molecule is C=CCN(C(=O)C1N([C@@H](CC)CO)C(=O)[C@@H]2[C@H](C(=O)OCC)[C@@H]3CCC12S3)c1c(C)cccc1C. The predicted octanol–water partition coefficient (Wildman–Crippen LogP) is 3.25. The molecular formula is C27H36N2O5S. The maximum absolute atomic E-state index is 14.5. The van der Waals surface area contributed by atoms with Crippen molar-refractivity contribution in [1.29, 1.82) is 0 Å². The Kier molecular flexibility index (Phi) is 7.34. The summed E-state index contributed by atoms with van der Waals surface area (Å²) in [5, 5.41) is 10.2. The highest BCUT2D eigenvalue weighted by atomic mass is 32.2. The minimum atomic E-state index is -0.773.